The molecule has 0 saturated heterocycles. The van der Waals surface area contributed by atoms with E-state index in [2.05, 4.69) is 0 Å². The summed E-state index contributed by atoms with van der Waals surface area (Å²) in [5.74, 6) is 0. The van der Waals surface area contributed by atoms with E-state index in [1.807, 2.05) is 33.9 Å². The zero-order chi connectivity index (χ0) is 10.9. The third-order valence-electron chi connectivity index (χ3n) is 2.41. The molecule has 0 aliphatic rings. The van der Waals surface area contributed by atoms with Gasteiger partial charge in [0, 0.05) is 0 Å². The average Bonchev–Trinajstić information content (AvgIpc) is 1.83. The van der Waals surface area contributed by atoms with E-state index in [9.17, 15) is 4.79 Å². The Labute approximate surface area is 85.2 Å². The van der Waals surface area contributed by atoms with Crippen molar-refractivity contribution in [2.24, 2.45) is 0 Å². The standard InChI is InChI=1S/C8H17ClO3Si/c1-8(2,3)13(4,5)12-7(11)6(9)10/h7,11H,1-5H3. The van der Waals surface area contributed by atoms with Crippen LogP contribution in [0.25, 0.3) is 0 Å². The first-order chi connectivity index (χ1) is 5.58. The molecule has 0 rings (SSSR count). The Morgan fingerprint density at radius 1 is 1.46 bits per heavy atom. The second kappa shape index (κ2) is 4.08. The van der Waals surface area contributed by atoms with Crippen LogP contribution in [-0.2, 0) is 9.22 Å². The first kappa shape index (κ1) is 13.1. The maximum Gasteiger partial charge on any atom is 0.276 e. The molecule has 3 nitrogen and oxygen atoms in total. The zero-order valence-electron chi connectivity index (χ0n) is 8.72. The largest absolute Gasteiger partial charge is 0.386 e. The lowest BCUT2D eigenvalue weighted by Crippen LogP contribution is -2.45. The Kier molecular flexibility index (Phi) is 4.12. The smallest absolute Gasteiger partial charge is 0.276 e. The lowest BCUT2D eigenvalue weighted by molar-refractivity contribution is -0.133. The van der Waals surface area contributed by atoms with E-state index >= 15 is 0 Å². The van der Waals surface area contributed by atoms with Crippen LogP contribution in [-0.4, -0.2) is 25.0 Å². The number of aliphatic hydroxyl groups excluding tert-OH is 1. The second-order valence-electron chi connectivity index (χ2n) is 4.53. The highest BCUT2D eigenvalue weighted by Crippen LogP contribution is 2.37. The summed E-state index contributed by atoms with van der Waals surface area (Å²) in [7, 11) is -2.09. The van der Waals surface area contributed by atoms with Crippen molar-refractivity contribution in [1.29, 1.82) is 0 Å². The minimum atomic E-state index is -2.09. The fourth-order valence-corrected chi connectivity index (χ4v) is 1.64. The molecule has 0 amide bonds. The molecule has 0 aromatic rings. The number of aliphatic hydroxyl groups is 1. The number of hydrogen-bond acceptors (Lipinski definition) is 3. The summed E-state index contributed by atoms with van der Waals surface area (Å²) < 4.78 is 5.28. The maximum atomic E-state index is 10.6. The van der Waals surface area contributed by atoms with Crippen molar-refractivity contribution >= 4 is 25.2 Å². The van der Waals surface area contributed by atoms with E-state index in [1.54, 1.807) is 0 Å². The van der Waals surface area contributed by atoms with Gasteiger partial charge in [-0.3, -0.25) is 4.79 Å². The maximum absolute atomic E-state index is 10.6. The van der Waals surface area contributed by atoms with Crippen LogP contribution in [0.5, 0.6) is 0 Å². The third kappa shape index (κ3) is 3.77. The van der Waals surface area contributed by atoms with E-state index in [0.29, 0.717) is 0 Å². The van der Waals surface area contributed by atoms with Crippen molar-refractivity contribution in [3.05, 3.63) is 0 Å². The van der Waals surface area contributed by atoms with Crippen molar-refractivity contribution in [2.45, 2.75) is 45.2 Å². The van der Waals surface area contributed by atoms with Gasteiger partial charge in [0.15, 0.2) is 8.32 Å². The second-order valence-corrected chi connectivity index (χ2v) is 9.66. The first-order valence-corrected chi connectivity index (χ1v) is 7.42. The topological polar surface area (TPSA) is 46.5 Å². The molecule has 0 bridgehead atoms. The molecule has 1 N–H and O–H groups in total. The van der Waals surface area contributed by atoms with Crippen molar-refractivity contribution < 1.29 is 14.3 Å². The Bertz CT molecular complexity index is 198. The van der Waals surface area contributed by atoms with Gasteiger partial charge in [0.2, 0.25) is 6.29 Å². The summed E-state index contributed by atoms with van der Waals surface area (Å²) in [4.78, 5) is 10.6. The Morgan fingerprint density at radius 3 is 2.08 bits per heavy atom. The summed E-state index contributed by atoms with van der Waals surface area (Å²) in [6.07, 6.45) is -1.48. The lowest BCUT2D eigenvalue weighted by atomic mass is 10.2. The fourth-order valence-electron chi connectivity index (χ4n) is 0.502. The van der Waals surface area contributed by atoms with Gasteiger partial charge in [0.25, 0.3) is 5.24 Å². The Hall–Kier alpha value is 0.0969. The summed E-state index contributed by atoms with van der Waals surface area (Å²) in [6.45, 7) is 9.94. The zero-order valence-corrected chi connectivity index (χ0v) is 10.5. The molecule has 1 atom stereocenters. The van der Waals surface area contributed by atoms with Crippen molar-refractivity contribution in [3.63, 3.8) is 0 Å². The lowest BCUT2D eigenvalue weighted by Gasteiger charge is -2.36. The summed E-state index contributed by atoms with van der Waals surface area (Å²) in [5, 5.41) is 8.26. The van der Waals surface area contributed by atoms with Gasteiger partial charge in [-0.1, -0.05) is 20.8 Å². The van der Waals surface area contributed by atoms with Crippen molar-refractivity contribution in [2.75, 3.05) is 0 Å². The molecule has 13 heavy (non-hydrogen) atoms. The highest BCUT2D eigenvalue weighted by atomic mass is 35.5. The summed E-state index contributed by atoms with van der Waals surface area (Å²) in [6, 6.07) is 0. The summed E-state index contributed by atoms with van der Waals surface area (Å²) >= 11 is 5.09. The van der Waals surface area contributed by atoms with Crippen LogP contribution in [0, 0.1) is 0 Å². The predicted octanol–water partition coefficient (Wildman–Crippen LogP) is 2.09. The number of rotatable bonds is 3. The van der Waals surface area contributed by atoms with Crippen LogP contribution in [0.1, 0.15) is 20.8 Å². The first-order valence-electron chi connectivity index (χ1n) is 4.13. The van der Waals surface area contributed by atoms with E-state index in [4.69, 9.17) is 21.1 Å². The van der Waals surface area contributed by atoms with Gasteiger partial charge in [-0.25, -0.2) is 0 Å². The average molecular weight is 225 g/mol. The fraction of sp³-hybridized carbons (Fsp3) is 0.875. The summed E-state index contributed by atoms with van der Waals surface area (Å²) in [5.41, 5.74) is 0. The van der Waals surface area contributed by atoms with Gasteiger partial charge in [0.05, 0.1) is 0 Å². The van der Waals surface area contributed by atoms with Crippen LogP contribution in [0.15, 0.2) is 0 Å². The molecule has 0 spiro atoms. The number of hydrogen-bond donors (Lipinski definition) is 1. The normalized spacial score (nSPS) is 15.6. The van der Waals surface area contributed by atoms with Crippen LogP contribution in [0.3, 0.4) is 0 Å². The molecule has 0 heterocycles. The van der Waals surface area contributed by atoms with Gasteiger partial charge in [-0.05, 0) is 29.7 Å². The van der Waals surface area contributed by atoms with Gasteiger partial charge >= 0.3 is 0 Å². The minimum Gasteiger partial charge on any atom is -0.386 e. The van der Waals surface area contributed by atoms with Crippen molar-refractivity contribution in [1.82, 2.24) is 0 Å². The van der Waals surface area contributed by atoms with Gasteiger partial charge in [-0.15, -0.1) is 0 Å². The molecule has 0 aliphatic heterocycles. The molecule has 78 valence electrons. The minimum absolute atomic E-state index is 0.0414. The molecule has 1 unspecified atom stereocenters. The van der Waals surface area contributed by atoms with Gasteiger partial charge < -0.3 is 9.53 Å². The van der Waals surface area contributed by atoms with E-state index in [1.165, 1.54) is 0 Å². The Morgan fingerprint density at radius 2 is 1.85 bits per heavy atom. The van der Waals surface area contributed by atoms with E-state index < -0.39 is 19.8 Å². The number of carbonyl (C=O) groups excluding carboxylic acids is 1. The third-order valence-corrected chi connectivity index (χ3v) is 7.02. The van der Waals surface area contributed by atoms with Crippen LogP contribution in [0.4, 0.5) is 0 Å². The van der Waals surface area contributed by atoms with Crippen LogP contribution in [0.2, 0.25) is 18.1 Å². The number of carbonyl (C=O) groups is 1. The molecular weight excluding hydrogens is 208 g/mol. The molecule has 0 fully saturated rings. The highest BCUT2D eigenvalue weighted by molar-refractivity contribution is 6.74. The molecular formula is C8H17ClO3Si. The molecule has 0 aromatic heterocycles. The number of halogens is 1. The SMILES string of the molecule is CC(C)(C)[Si](C)(C)OC(O)C(=O)Cl. The van der Waals surface area contributed by atoms with E-state index in [0.717, 1.165) is 0 Å². The molecule has 0 aromatic carbocycles. The van der Waals surface area contributed by atoms with Crippen molar-refractivity contribution in [3.8, 4) is 0 Å². The molecule has 5 heteroatoms. The van der Waals surface area contributed by atoms with Gasteiger partial charge in [-0.2, -0.15) is 0 Å². The molecule has 0 saturated carbocycles. The quantitative estimate of drug-likeness (QED) is 0.454. The van der Waals surface area contributed by atoms with Crippen LogP contribution >= 0.6 is 11.6 Å². The molecule has 0 aliphatic carbocycles. The monoisotopic (exact) mass is 224 g/mol. The van der Waals surface area contributed by atoms with Gasteiger partial charge in [0.1, 0.15) is 0 Å². The van der Waals surface area contributed by atoms with E-state index in [-0.39, 0.29) is 5.04 Å². The molecule has 0 radical (unpaired) electrons. The predicted molar refractivity (Wildman–Crippen MR) is 55.1 cm³/mol. The van der Waals surface area contributed by atoms with Crippen LogP contribution < -0.4 is 0 Å². The Balaban J connectivity index is 4.43. The highest BCUT2D eigenvalue weighted by Gasteiger charge is 2.40.